The maximum absolute atomic E-state index is 11.4. The molecule has 1 aliphatic rings. The van der Waals surface area contributed by atoms with Crippen LogP contribution in [0.1, 0.15) is 16.2 Å². The number of carbonyl (C=O) groups is 1. The first-order chi connectivity index (χ1) is 10.8. The SMILES string of the molecule is COC(=O)c1ccc(N2CCN(Cc3ncc[nH]3)CC2)cc1. The zero-order valence-electron chi connectivity index (χ0n) is 12.7. The summed E-state index contributed by atoms with van der Waals surface area (Å²) in [7, 11) is 1.40. The Kier molecular flexibility index (Phi) is 4.39. The quantitative estimate of drug-likeness (QED) is 0.868. The molecule has 116 valence electrons. The number of hydrogen-bond acceptors (Lipinski definition) is 5. The average Bonchev–Trinajstić information content (AvgIpc) is 3.08. The fourth-order valence-corrected chi connectivity index (χ4v) is 2.69. The maximum atomic E-state index is 11.4. The predicted octanol–water partition coefficient (Wildman–Crippen LogP) is 1.52. The summed E-state index contributed by atoms with van der Waals surface area (Å²) in [6.45, 7) is 4.80. The summed E-state index contributed by atoms with van der Waals surface area (Å²) < 4.78 is 4.72. The molecule has 22 heavy (non-hydrogen) atoms. The summed E-state index contributed by atoms with van der Waals surface area (Å²) in [6, 6.07) is 7.59. The van der Waals surface area contributed by atoms with Gasteiger partial charge in [-0.3, -0.25) is 4.90 Å². The molecule has 0 saturated carbocycles. The lowest BCUT2D eigenvalue weighted by Gasteiger charge is -2.35. The second-order valence-electron chi connectivity index (χ2n) is 5.34. The van der Waals surface area contributed by atoms with Gasteiger partial charge in [-0.15, -0.1) is 0 Å². The maximum Gasteiger partial charge on any atom is 0.337 e. The molecule has 2 aromatic rings. The van der Waals surface area contributed by atoms with Gasteiger partial charge in [-0.2, -0.15) is 0 Å². The van der Waals surface area contributed by atoms with Crippen molar-refractivity contribution in [2.24, 2.45) is 0 Å². The number of imidazole rings is 1. The predicted molar refractivity (Wildman–Crippen MR) is 83.9 cm³/mol. The number of piperazine rings is 1. The zero-order valence-corrected chi connectivity index (χ0v) is 12.7. The summed E-state index contributed by atoms with van der Waals surface area (Å²) in [4.78, 5) is 23.6. The number of nitrogens with one attached hydrogen (secondary N) is 1. The third-order valence-corrected chi connectivity index (χ3v) is 3.95. The molecule has 0 amide bonds. The summed E-state index contributed by atoms with van der Waals surface area (Å²) in [5.74, 6) is 0.714. The van der Waals surface area contributed by atoms with Gasteiger partial charge in [-0.1, -0.05) is 0 Å². The van der Waals surface area contributed by atoms with Crippen molar-refractivity contribution >= 4 is 11.7 Å². The molecule has 1 saturated heterocycles. The van der Waals surface area contributed by atoms with Crippen LogP contribution in [0.2, 0.25) is 0 Å². The van der Waals surface area contributed by atoms with Gasteiger partial charge in [0.05, 0.1) is 19.2 Å². The van der Waals surface area contributed by atoms with Crippen molar-refractivity contribution in [1.29, 1.82) is 0 Å². The molecule has 1 N–H and O–H groups in total. The van der Waals surface area contributed by atoms with E-state index in [0.717, 1.165) is 44.2 Å². The van der Waals surface area contributed by atoms with E-state index in [9.17, 15) is 4.79 Å². The van der Waals surface area contributed by atoms with Crippen molar-refractivity contribution in [1.82, 2.24) is 14.9 Å². The van der Waals surface area contributed by atoms with Crippen LogP contribution in [0.4, 0.5) is 5.69 Å². The monoisotopic (exact) mass is 300 g/mol. The number of methoxy groups -OCH3 is 1. The molecule has 1 aliphatic heterocycles. The molecule has 6 heteroatoms. The standard InChI is InChI=1S/C16H20N4O2/c1-22-16(21)13-2-4-14(5-3-13)20-10-8-19(9-11-20)12-15-17-6-7-18-15/h2-7H,8-12H2,1H3,(H,17,18). The van der Waals surface area contributed by atoms with Gasteiger partial charge >= 0.3 is 5.97 Å². The molecule has 3 rings (SSSR count). The van der Waals surface area contributed by atoms with E-state index in [4.69, 9.17) is 4.74 Å². The number of benzene rings is 1. The Bertz CT molecular complexity index is 602. The number of aromatic amines is 1. The van der Waals surface area contributed by atoms with Crippen LogP contribution in [0.5, 0.6) is 0 Å². The van der Waals surface area contributed by atoms with Crippen molar-refractivity contribution in [3.63, 3.8) is 0 Å². The van der Waals surface area contributed by atoms with E-state index in [2.05, 4.69) is 19.8 Å². The van der Waals surface area contributed by atoms with Gasteiger partial charge in [-0.05, 0) is 24.3 Å². The van der Waals surface area contributed by atoms with Crippen LogP contribution in [0, 0.1) is 0 Å². The van der Waals surface area contributed by atoms with Crippen LogP contribution in [-0.2, 0) is 11.3 Å². The lowest BCUT2D eigenvalue weighted by atomic mass is 10.2. The summed E-state index contributed by atoms with van der Waals surface area (Å²) in [6.07, 6.45) is 3.64. The highest BCUT2D eigenvalue weighted by atomic mass is 16.5. The van der Waals surface area contributed by atoms with Crippen molar-refractivity contribution < 1.29 is 9.53 Å². The lowest BCUT2D eigenvalue weighted by Crippen LogP contribution is -2.46. The molecular formula is C16H20N4O2. The van der Waals surface area contributed by atoms with Crippen molar-refractivity contribution in [3.05, 3.63) is 48.0 Å². The van der Waals surface area contributed by atoms with E-state index < -0.39 is 0 Å². The third-order valence-electron chi connectivity index (χ3n) is 3.95. The van der Waals surface area contributed by atoms with E-state index >= 15 is 0 Å². The highest BCUT2D eigenvalue weighted by Gasteiger charge is 2.18. The Labute approximate surface area is 129 Å². The number of anilines is 1. The van der Waals surface area contributed by atoms with Crippen LogP contribution >= 0.6 is 0 Å². The van der Waals surface area contributed by atoms with Crippen molar-refractivity contribution in [2.45, 2.75) is 6.54 Å². The lowest BCUT2D eigenvalue weighted by molar-refractivity contribution is 0.0601. The average molecular weight is 300 g/mol. The van der Waals surface area contributed by atoms with Crippen molar-refractivity contribution in [2.75, 3.05) is 38.2 Å². The zero-order chi connectivity index (χ0) is 15.4. The second-order valence-corrected chi connectivity index (χ2v) is 5.34. The Balaban J connectivity index is 1.55. The molecule has 0 aliphatic carbocycles. The van der Waals surface area contributed by atoms with Crippen LogP contribution in [0.3, 0.4) is 0 Å². The second kappa shape index (κ2) is 6.62. The van der Waals surface area contributed by atoms with E-state index in [0.29, 0.717) is 5.56 Å². The molecule has 1 aromatic carbocycles. The summed E-state index contributed by atoms with van der Waals surface area (Å²) in [5, 5.41) is 0. The largest absolute Gasteiger partial charge is 0.465 e. The van der Waals surface area contributed by atoms with Gasteiger partial charge in [0.1, 0.15) is 5.82 Å². The first-order valence-electron chi connectivity index (χ1n) is 7.40. The minimum absolute atomic E-state index is 0.296. The van der Waals surface area contributed by atoms with Crippen LogP contribution in [0.15, 0.2) is 36.7 Å². The Morgan fingerprint density at radius 1 is 1.23 bits per heavy atom. The van der Waals surface area contributed by atoms with Crippen molar-refractivity contribution in [3.8, 4) is 0 Å². The fraction of sp³-hybridized carbons (Fsp3) is 0.375. The van der Waals surface area contributed by atoms with Crippen LogP contribution < -0.4 is 4.90 Å². The normalized spacial score (nSPS) is 15.8. The fourth-order valence-electron chi connectivity index (χ4n) is 2.69. The van der Waals surface area contributed by atoms with Gasteiger partial charge in [0.2, 0.25) is 0 Å². The van der Waals surface area contributed by atoms with Gasteiger partial charge < -0.3 is 14.6 Å². The molecule has 0 bridgehead atoms. The van der Waals surface area contributed by atoms with Gasteiger partial charge in [0.15, 0.2) is 0 Å². The molecule has 0 radical (unpaired) electrons. The van der Waals surface area contributed by atoms with Crippen LogP contribution in [-0.4, -0.2) is 54.1 Å². The highest BCUT2D eigenvalue weighted by molar-refractivity contribution is 5.89. The Morgan fingerprint density at radius 3 is 2.55 bits per heavy atom. The van der Waals surface area contributed by atoms with Crippen LogP contribution in [0.25, 0.3) is 0 Å². The first kappa shape index (κ1) is 14.6. The number of rotatable bonds is 4. The highest BCUT2D eigenvalue weighted by Crippen LogP contribution is 2.18. The van der Waals surface area contributed by atoms with E-state index in [1.807, 2.05) is 30.5 Å². The molecule has 1 aromatic heterocycles. The van der Waals surface area contributed by atoms with Gasteiger partial charge in [0.25, 0.3) is 0 Å². The number of ether oxygens (including phenoxy) is 1. The number of hydrogen-bond donors (Lipinski definition) is 1. The number of esters is 1. The summed E-state index contributed by atoms with van der Waals surface area (Å²) >= 11 is 0. The first-order valence-corrected chi connectivity index (χ1v) is 7.40. The molecular weight excluding hydrogens is 280 g/mol. The molecule has 2 heterocycles. The molecule has 0 spiro atoms. The van der Waals surface area contributed by atoms with E-state index in [1.165, 1.54) is 7.11 Å². The number of carbonyl (C=O) groups excluding carboxylic acids is 1. The van der Waals surface area contributed by atoms with Gasteiger partial charge in [-0.25, -0.2) is 9.78 Å². The Morgan fingerprint density at radius 2 is 1.95 bits per heavy atom. The number of nitrogens with zero attached hydrogens (tertiary/aromatic N) is 3. The number of aromatic nitrogens is 2. The summed E-state index contributed by atoms with van der Waals surface area (Å²) in [5.41, 5.74) is 1.73. The smallest absolute Gasteiger partial charge is 0.337 e. The third kappa shape index (κ3) is 3.28. The minimum Gasteiger partial charge on any atom is -0.465 e. The number of H-pyrrole nitrogens is 1. The van der Waals surface area contributed by atoms with E-state index in [-0.39, 0.29) is 5.97 Å². The Hall–Kier alpha value is -2.34. The molecule has 0 unspecified atom stereocenters. The molecule has 0 atom stereocenters. The topological polar surface area (TPSA) is 61.5 Å². The van der Waals surface area contributed by atoms with E-state index in [1.54, 1.807) is 6.20 Å². The molecule has 1 fully saturated rings. The van der Waals surface area contributed by atoms with Gasteiger partial charge in [0, 0.05) is 44.3 Å². The minimum atomic E-state index is -0.296. The molecule has 6 nitrogen and oxygen atoms in total.